The summed E-state index contributed by atoms with van der Waals surface area (Å²) >= 11 is 0. The number of benzene rings is 2. The van der Waals surface area contributed by atoms with Crippen LogP contribution in [0.1, 0.15) is 15.9 Å². The first-order chi connectivity index (χ1) is 14.2. The predicted molar refractivity (Wildman–Crippen MR) is 112 cm³/mol. The Kier molecular flexibility index (Phi) is 6.49. The van der Waals surface area contributed by atoms with Gasteiger partial charge < -0.3 is 4.90 Å². The van der Waals surface area contributed by atoms with Crippen LogP contribution in [0.5, 0.6) is 0 Å². The highest BCUT2D eigenvalue weighted by atomic mass is 32.2. The van der Waals surface area contributed by atoms with Gasteiger partial charge in [0.05, 0.1) is 4.92 Å². The van der Waals surface area contributed by atoms with Crippen molar-refractivity contribution in [3.8, 4) is 0 Å². The lowest BCUT2D eigenvalue weighted by Crippen LogP contribution is -2.48. The van der Waals surface area contributed by atoms with E-state index in [1.165, 1.54) is 33.5 Å². The highest BCUT2D eigenvalue weighted by Gasteiger charge is 2.33. The van der Waals surface area contributed by atoms with E-state index < -0.39 is 20.6 Å². The zero-order valence-electron chi connectivity index (χ0n) is 16.9. The van der Waals surface area contributed by atoms with Crippen LogP contribution in [0.15, 0.2) is 53.4 Å². The van der Waals surface area contributed by atoms with Crippen LogP contribution >= 0.6 is 0 Å². The maximum atomic E-state index is 12.9. The van der Waals surface area contributed by atoms with Crippen molar-refractivity contribution >= 4 is 21.6 Å². The Morgan fingerprint density at radius 3 is 2.37 bits per heavy atom. The lowest BCUT2D eigenvalue weighted by molar-refractivity contribution is -0.387. The molecule has 30 heavy (non-hydrogen) atoms. The molecule has 0 bridgehead atoms. The molecule has 1 saturated heterocycles. The quantitative estimate of drug-likeness (QED) is 0.509. The predicted octanol–water partition coefficient (Wildman–Crippen LogP) is 1.80. The Bertz CT molecular complexity index is 1050. The zero-order valence-corrected chi connectivity index (χ0v) is 17.7. The van der Waals surface area contributed by atoms with Crippen molar-refractivity contribution in [2.75, 3.05) is 40.3 Å². The summed E-state index contributed by atoms with van der Waals surface area (Å²) in [5.41, 5.74) is 1.16. The fourth-order valence-electron chi connectivity index (χ4n) is 3.41. The smallest absolute Gasteiger partial charge is 0.289 e. The number of piperazine rings is 1. The SMILES string of the molecule is CN(C)C(=O)c1cccc(CN2CCN(S(=O)(=O)c3ccccc3[N+](=O)[O-])CC2)c1. The molecule has 1 aliphatic rings. The van der Waals surface area contributed by atoms with Crippen LogP contribution in [0.2, 0.25) is 0 Å². The van der Waals surface area contributed by atoms with E-state index in [1.807, 2.05) is 18.2 Å². The number of carbonyl (C=O) groups is 1. The molecule has 1 fully saturated rings. The second-order valence-electron chi connectivity index (χ2n) is 7.31. The fourth-order valence-corrected chi connectivity index (χ4v) is 4.99. The number of para-hydroxylation sites is 1. The van der Waals surface area contributed by atoms with Crippen LogP contribution in [0.3, 0.4) is 0 Å². The summed E-state index contributed by atoms with van der Waals surface area (Å²) in [6, 6.07) is 12.8. The van der Waals surface area contributed by atoms with E-state index in [1.54, 1.807) is 20.2 Å². The van der Waals surface area contributed by atoms with Crippen molar-refractivity contribution in [2.45, 2.75) is 11.4 Å². The molecule has 2 aromatic rings. The molecule has 1 aliphatic heterocycles. The van der Waals surface area contributed by atoms with E-state index in [0.717, 1.165) is 5.56 Å². The first-order valence-corrected chi connectivity index (χ1v) is 10.9. The second-order valence-corrected chi connectivity index (χ2v) is 9.21. The van der Waals surface area contributed by atoms with Gasteiger partial charge in [0.2, 0.25) is 10.0 Å². The maximum Gasteiger partial charge on any atom is 0.289 e. The average molecular weight is 433 g/mol. The number of nitrogens with zero attached hydrogens (tertiary/aromatic N) is 4. The molecule has 0 N–H and O–H groups in total. The van der Waals surface area contributed by atoms with Crippen LogP contribution in [0, 0.1) is 10.1 Å². The number of hydrogen-bond donors (Lipinski definition) is 0. The van der Waals surface area contributed by atoms with Gasteiger partial charge in [-0.25, -0.2) is 8.42 Å². The number of amides is 1. The number of rotatable bonds is 6. The highest BCUT2D eigenvalue weighted by molar-refractivity contribution is 7.89. The molecule has 1 amide bonds. The molecule has 0 atom stereocenters. The maximum absolute atomic E-state index is 12.9. The van der Waals surface area contributed by atoms with Gasteiger partial charge in [0.25, 0.3) is 11.6 Å². The Morgan fingerprint density at radius 1 is 1.07 bits per heavy atom. The van der Waals surface area contributed by atoms with Crippen LogP contribution in [-0.2, 0) is 16.6 Å². The number of carbonyl (C=O) groups excluding carboxylic acids is 1. The van der Waals surface area contributed by atoms with Crippen molar-refractivity contribution in [3.63, 3.8) is 0 Å². The monoisotopic (exact) mass is 432 g/mol. The summed E-state index contributed by atoms with van der Waals surface area (Å²) in [5.74, 6) is -0.0720. The first kappa shape index (κ1) is 21.9. The normalized spacial score (nSPS) is 15.7. The highest BCUT2D eigenvalue weighted by Crippen LogP contribution is 2.27. The lowest BCUT2D eigenvalue weighted by Gasteiger charge is -2.33. The largest absolute Gasteiger partial charge is 0.345 e. The molecule has 160 valence electrons. The summed E-state index contributed by atoms with van der Waals surface area (Å²) in [7, 11) is -0.546. The van der Waals surface area contributed by atoms with Gasteiger partial charge in [-0.2, -0.15) is 4.31 Å². The number of hydrogen-bond acceptors (Lipinski definition) is 6. The van der Waals surface area contributed by atoms with Crippen LogP contribution < -0.4 is 0 Å². The van der Waals surface area contributed by atoms with E-state index in [4.69, 9.17) is 0 Å². The van der Waals surface area contributed by atoms with E-state index in [2.05, 4.69) is 4.90 Å². The zero-order chi connectivity index (χ0) is 21.9. The summed E-state index contributed by atoms with van der Waals surface area (Å²) in [4.78, 5) is 26.0. The van der Waals surface area contributed by atoms with Gasteiger partial charge in [-0.3, -0.25) is 19.8 Å². The summed E-state index contributed by atoms with van der Waals surface area (Å²) in [6.07, 6.45) is 0. The minimum Gasteiger partial charge on any atom is -0.345 e. The minimum atomic E-state index is -3.95. The van der Waals surface area contributed by atoms with Gasteiger partial charge in [-0.15, -0.1) is 0 Å². The molecule has 10 heteroatoms. The summed E-state index contributed by atoms with van der Waals surface area (Å²) < 4.78 is 27.1. The standard InChI is InChI=1S/C20H24N4O5S/c1-21(2)20(25)17-7-5-6-16(14-17)15-22-10-12-23(13-11-22)30(28,29)19-9-4-3-8-18(19)24(26)27/h3-9,14H,10-13,15H2,1-2H3. The molecule has 0 saturated carbocycles. The Hall–Kier alpha value is -2.82. The molecule has 0 radical (unpaired) electrons. The molecule has 0 unspecified atom stereocenters. The molecule has 0 spiro atoms. The third-order valence-electron chi connectivity index (χ3n) is 5.00. The number of nitro benzene ring substituents is 1. The molecule has 1 heterocycles. The summed E-state index contributed by atoms with van der Waals surface area (Å²) in [6.45, 7) is 2.06. The Labute approximate surface area is 175 Å². The van der Waals surface area contributed by atoms with Gasteiger partial charge in [0, 0.05) is 58.4 Å². The summed E-state index contributed by atoms with van der Waals surface area (Å²) in [5, 5.41) is 11.2. The van der Waals surface area contributed by atoms with Crippen LogP contribution in [-0.4, -0.2) is 73.6 Å². The van der Waals surface area contributed by atoms with Crippen molar-refractivity contribution in [1.29, 1.82) is 0 Å². The minimum absolute atomic E-state index is 0.0720. The van der Waals surface area contributed by atoms with E-state index >= 15 is 0 Å². The molecule has 0 aromatic heterocycles. The van der Waals surface area contributed by atoms with Gasteiger partial charge in [-0.1, -0.05) is 24.3 Å². The molecule has 3 rings (SSSR count). The van der Waals surface area contributed by atoms with E-state index in [9.17, 15) is 23.3 Å². The average Bonchev–Trinajstić information content (AvgIpc) is 2.73. The van der Waals surface area contributed by atoms with Crippen LogP contribution in [0.4, 0.5) is 5.69 Å². The number of nitro groups is 1. The molecular weight excluding hydrogens is 408 g/mol. The Balaban J connectivity index is 1.68. The number of sulfonamides is 1. The van der Waals surface area contributed by atoms with E-state index in [0.29, 0.717) is 25.2 Å². The lowest BCUT2D eigenvalue weighted by atomic mass is 10.1. The van der Waals surface area contributed by atoms with Gasteiger partial charge in [-0.05, 0) is 23.8 Å². The van der Waals surface area contributed by atoms with Crippen molar-refractivity contribution < 1.29 is 18.1 Å². The fraction of sp³-hybridized carbons (Fsp3) is 0.350. The molecular formula is C20H24N4O5S. The van der Waals surface area contributed by atoms with Crippen molar-refractivity contribution in [3.05, 3.63) is 69.8 Å². The van der Waals surface area contributed by atoms with Crippen molar-refractivity contribution in [2.24, 2.45) is 0 Å². The molecule has 2 aromatic carbocycles. The van der Waals surface area contributed by atoms with Gasteiger partial charge in [0.15, 0.2) is 4.90 Å². The third-order valence-corrected chi connectivity index (χ3v) is 6.94. The van der Waals surface area contributed by atoms with Gasteiger partial charge >= 0.3 is 0 Å². The Morgan fingerprint density at radius 2 is 1.73 bits per heavy atom. The molecule has 9 nitrogen and oxygen atoms in total. The van der Waals surface area contributed by atoms with E-state index in [-0.39, 0.29) is 23.9 Å². The molecule has 0 aliphatic carbocycles. The third kappa shape index (κ3) is 4.66. The van der Waals surface area contributed by atoms with Crippen LogP contribution in [0.25, 0.3) is 0 Å². The first-order valence-electron chi connectivity index (χ1n) is 9.46. The van der Waals surface area contributed by atoms with Gasteiger partial charge in [0.1, 0.15) is 0 Å². The van der Waals surface area contributed by atoms with Crippen molar-refractivity contribution in [1.82, 2.24) is 14.1 Å². The topological polar surface area (TPSA) is 104 Å². The second kappa shape index (κ2) is 8.90.